The van der Waals surface area contributed by atoms with Gasteiger partial charge in [0.1, 0.15) is 0 Å². The molecular weight excluding hydrogens is 362 g/mol. The van der Waals surface area contributed by atoms with Crippen molar-refractivity contribution in [1.29, 1.82) is 0 Å². The number of amides is 1. The van der Waals surface area contributed by atoms with Crippen LogP contribution in [-0.2, 0) is 10.2 Å². The molecule has 1 aromatic carbocycles. The number of halogens is 1. The Morgan fingerprint density at radius 1 is 1.08 bits per heavy atom. The Labute approximate surface area is 153 Å². The van der Waals surface area contributed by atoms with Gasteiger partial charge in [-0.3, -0.25) is 4.79 Å². The van der Waals surface area contributed by atoms with Crippen LogP contribution < -0.4 is 5.32 Å². The van der Waals surface area contributed by atoms with Crippen LogP contribution in [0.25, 0.3) is 0 Å². The zero-order valence-corrected chi connectivity index (χ0v) is 16.6. The summed E-state index contributed by atoms with van der Waals surface area (Å²) in [5.41, 5.74) is 2.24. The highest BCUT2D eigenvalue weighted by Gasteiger charge is 2.59. The largest absolute Gasteiger partial charge is 0.326 e. The Morgan fingerprint density at radius 2 is 1.67 bits per heavy atom. The number of alkyl halides is 1. The molecule has 4 atom stereocenters. The molecule has 0 spiro atoms. The van der Waals surface area contributed by atoms with Crippen LogP contribution in [0.2, 0.25) is 0 Å². The molecule has 1 aromatic rings. The van der Waals surface area contributed by atoms with Gasteiger partial charge >= 0.3 is 0 Å². The zero-order valence-electron chi connectivity index (χ0n) is 15.0. The van der Waals surface area contributed by atoms with Crippen molar-refractivity contribution in [3.8, 4) is 0 Å². The van der Waals surface area contributed by atoms with E-state index >= 15 is 0 Å². The van der Waals surface area contributed by atoms with E-state index in [-0.39, 0.29) is 21.1 Å². The fourth-order valence-corrected chi connectivity index (χ4v) is 7.19. The third-order valence-corrected chi connectivity index (χ3v) is 7.41. The predicted molar refractivity (Wildman–Crippen MR) is 103 cm³/mol. The van der Waals surface area contributed by atoms with E-state index in [0.29, 0.717) is 0 Å². The average Bonchev–Trinajstić information content (AvgIpc) is 2.44. The Bertz CT molecular complexity index is 643. The first-order chi connectivity index (χ1) is 11.2. The topological polar surface area (TPSA) is 29.1 Å². The maximum absolute atomic E-state index is 13.2. The summed E-state index contributed by atoms with van der Waals surface area (Å²) in [7, 11) is 0. The second kappa shape index (κ2) is 5.33. The molecule has 0 saturated heterocycles. The van der Waals surface area contributed by atoms with Gasteiger partial charge in [-0.15, -0.1) is 0 Å². The van der Waals surface area contributed by atoms with E-state index in [1.165, 1.54) is 24.8 Å². The summed E-state index contributed by atoms with van der Waals surface area (Å²) >= 11 is 4.00. The lowest BCUT2D eigenvalue weighted by Crippen LogP contribution is -2.57. The molecule has 5 rings (SSSR count). The summed E-state index contributed by atoms with van der Waals surface area (Å²) in [5, 5.41) is 3.24. The van der Waals surface area contributed by atoms with E-state index in [2.05, 4.69) is 66.3 Å². The predicted octanol–water partition coefficient (Wildman–Crippen LogP) is 5.66. The highest BCUT2D eigenvalue weighted by atomic mass is 79.9. The van der Waals surface area contributed by atoms with Crippen LogP contribution in [0.4, 0.5) is 5.69 Å². The minimum absolute atomic E-state index is 0.143. The van der Waals surface area contributed by atoms with Gasteiger partial charge in [-0.05, 0) is 73.5 Å². The van der Waals surface area contributed by atoms with Gasteiger partial charge < -0.3 is 5.32 Å². The third kappa shape index (κ3) is 2.83. The van der Waals surface area contributed by atoms with E-state index in [0.717, 1.165) is 36.8 Å². The van der Waals surface area contributed by atoms with Gasteiger partial charge in [-0.25, -0.2) is 0 Å². The van der Waals surface area contributed by atoms with E-state index in [4.69, 9.17) is 0 Å². The van der Waals surface area contributed by atoms with Gasteiger partial charge in [0.15, 0.2) is 0 Å². The molecule has 4 aliphatic rings. The lowest BCUT2D eigenvalue weighted by atomic mass is 9.49. The molecule has 4 saturated carbocycles. The minimum Gasteiger partial charge on any atom is -0.326 e. The van der Waals surface area contributed by atoms with Crippen molar-refractivity contribution >= 4 is 27.5 Å². The van der Waals surface area contributed by atoms with E-state index in [9.17, 15) is 4.79 Å². The first-order valence-electron chi connectivity index (χ1n) is 9.29. The third-order valence-electron chi connectivity index (χ3n) is 6.48. The lowest BCUT2D eigenvalue weighted by molar-refractivity contribution is -0.138. The SMILES string of the molecule is CC(C)(C)c1ccc(NC(=O)C23C[C@@H]4C[C@@H](CC(Br)(C4)C2)C3)cc1. The second-order valence-electron chi connectivity index (χ2n) is 9.67. The number of hydrogen-bond donors (Lipinski definition) is 1. The van der Waals surface area contributed by atoms with Crippen LogP contribution in [0, 0.1) is 17.3 Å². The molecule has 3 heteroatoms. The summed E-state index contributed by atoms with van der Waals surface area (Å²) < 4.78 is 0.227. The van der Waals surface area contributed by atoms with Crippen LogP contribution in [-0.4, -0.2) is 10.2 Å². The fraction of sp³-hybridized carbons (Fsp3) is 0.667. The quantitative estimate of drug-likeness (QED) is 0.649. The van der Waals surface area contributed by atoms with Gasteiger partial charge in [-0.1, -0.05) is 48.8 Å². The minimum atomic E-state index is -0.143. The number of rotatable bonds is 2. The summed E-state index contributed by atoms with van der Waals surface area (Å²) in [6.45, 7) is 6.64. The van der Waals surface area contributed by atoms with Crippen molar-refractivity contribution in [3.63, 3.8) is 0 Å². The highest BCUT2D eigenvalue weighted by Crippen LogP contribution is 2.64. The smallest absolute Gasteiger partial charge is 0.230 e. The van der Waals surface area contributed by atoms with E-state index in [1.807, 2.05) is 0 Å². The number of hydrogen-bond acceptors (Lipinski definition) is 1. The van der Waals surface area contributed by atoms with Gasteiger partial charge in [0.2, 0.25) is 5.91 Å². The lowest BCUT2D eigenvalue weighted by Gasteiger charge is -2.59. The standard InChI is InChI=1S/C21H28BrNO/c1-19(2,3)16-4-6-17(7-5-16)23-18(24)20-9-14-8-15(10-20)12-21(22,11-14)13-20/h4-7,14-15H,8-13H2,1-3H3,(H,23,24)/t14-,15+,20?,21?. The van der Waals surface area contributed by atoms with Crippen LogP contribution in [0.15, 0.2) is 24.3 Å². The normalized spacial score (nSPS) is 37.5. The molecule has 130 valence electrons. The van der Waals surface area contributed by atoms with Crippen LogP contribution >= 0.6 is 15.9 Å². The molecule has 2 nitrogen and oxygen atoms in total. The molecule has 1 N–H and O–H groups in total. The highest BCUT2D eigenvalue weighted by molar-refractivity contribution is 9.10. The summed E-state index contributed by atoms with van der Waals surface area (Å²) in [6, 6.07) is 8.40. The summed E-state index contributed by atoms with van der Waals surface area (Å²) in [6.07, 6.45) is 7.05. The Kier molecular flexibility index (Phi) is 3.69. The second-order valence-corrected chi connectivity index (χ2v) is 11.4. The maximum Gasteiger partial charge on any atom is 0.230 e. The van der Waals surface area contributed by atoms with Crippen molar-refractivity contribution in [1.82, 2.24) is 0 Å². The number of nitrogens with one attached hydrogen (secondary N) is 1. The molecular formula is C21H28BrNO. The van der Waals surface area contributed by atoms with Crippen molar-refractivity contribution < 1.29 is 4.79 Å². The molecule has 0 heterocycles. The molecule has 1 amide bonds. The van der Waals surface area contributed by atoms with Crippen molar-refractivity contribution in [2.75, 3.05) is 5.32 Å². The van der Waals surface area contributed by atoms with Crippen LogP contribution in [0.3, 0.4) is 0 Å². The Balaban J connectivity index is 1.52. The van der Waals surface area contributed by atoms with Crippen molar-refractivity contribution in [2.45, 2.75) is 69.0 Å². The number of anilines is 1. The van der Waals surface area contributed by atoms with Crippen molar-refractivity contribution in [3.05, 3.63) is 29.8 Å². The molecule has 24 heavy (non-hydrogen) atoms. The zero-order chi connectivity index (χ0) is 17.2. The first-order valence-corrected chi connectivity index (χ1v) is 10.1. The monoisotopic (exact) mass is 389 g/mol. The fourth-order valence-electron chi connectivity index (χ4n) is 5.73. The molecule has 0 radical (unpaired) electrons. The first kappa shape index (κ1) is 16.6. The average molecular weight is 390 g/mol. The Hall–Kier alpha value is -0.830. The summed E-state index contributed by atoms with van der Waals surface area (Å²) in [4.78, 5) is 13.2. The molecule has 4 fully saturated rings. The van der Waals surface area contributed by atoms with Gasteiger partial charge in [0, 0.05) is 10.0 Å². The molecule has 4 aliphatic carbocycles. The molecule has 4 bridgehead atoms. The van der Waals surface area contributed by atoms with Crippen LogP contribution in [0.1, 0.15) is 64.9 Å². The van der Waals surface area contributed by atoms with E-state index < -0.39 is 0 Å². The van der Waals surface area contributed by atoms with Gasteiger partial charge in [0.25, 0.3) is 0 Å². The molecule has 2 unspecified atom stereocenters. The molecule has 0 aromatic heterocycles. The number of carbonyl (C=O) groups excluding carboxylic acids is 1. The van der Waals surface area contributed by atoms with Crippen molar-refractivity contribution in [2.24, 2.45) is 17.3 Å². The number of benzene rings is 1. The maximum atomic E-state index is 13.2. The summed E-state index contributed by atoms with van der Waals surface area (Å²) in [5.74, 6) is 1.73. The molecule has 0 aliphatic heterocycles. The Morgan fingerprint density at radius 3 is 2.17 bits per heavy atom. The number of carbonyl (C=O) groups is 1. The van der Waals surface area contributed by atoms with Crippen LogP contribution in [0.5, 0.6) is 0 Å². The van der Waals surface area contributed by atoms with E-state index in [1.54, 1.807) is 0 Å². The van der Waals surface area contributed by atoms with Gasteiger partial charge in [0.05, 0.1) is 5.41 Å². The van der Waals surface area contributed by atoms with Gasteiger partial charge in [-0.2, -0.15) is 0 Å².